The van der Waals surface area contributed by atoms with Crippen LogP contribution in [0.4, 0.5) is 0 Å². The highest BCUT2D eigenvalue weighted by atomic mass is 32.1. The average molecular weight is 290 g/mol. The molecule has 0 aliphatic rings. The minimum atomic E-state index is -0.0178. The Labute approximate surface area is 119 Å². The molecule has 98 valence electrons. The van der Waals surface area contributed by atoms with E-state index >= 15 is 0 Å². The summed E-state index contributed by atoms with van der Waals surface area (Å²) in [6, 6.07) is 4.15. The summed E-state index contributed by atoms with van der Waals surface area (Å²) in [4.78, 5) is 22.9. The Balaban J connectivity index is 2.21. The molecule has 3 nitrogen and oxygen atoms in total. The summed E-state index contributed by atoms with van der Waals surface area (Å²) >= 11 is 3.26. The molecule has 0 saturated carbocycles. The molecule has 19 heavy (non-hydrogen) atoms. The highest BCUT2D eigenvalue weighted by Gasteiger charge is 2.13. The molecule has 5 heteroatoms. The van der Waals surface area contributed by atoms with Gasteiger partial charge in [-0.15, -0.1) is 22.7 Å². The minimum absolute atomic E-state index is 0.0178. The Bertz CT molecular complexity index is 782. The van der Waals surface area contributed by atoms with E-state index in [1.165, 1.54) is 4.88 Å². The second-order valence-corrected chi connectivity index (χ2v) is 6.65. The molecule has 3 rings (SSSR count). The van der Waals surface area contributed by atoms with Crippen molar-refractivity contribution in [3.05, 3.63) is 38.6 Å². The minimum Gasteiger partial charge on any atom is -0.310 e. The summed E-state index contributed by atoms with van der Waals surface area (Å²) in [7, 11) is 0. The summed E-state index contributed by atoms with van der Waals surface area (Å²) in [6.07, 6.45) is 1.80. The first-order valence-corrected chi connectivity index (χ1v) is 7.96. The van der Waals surface area contributed by atoms with Gasteiger partial charge >= 0.3 is 0 Å². The van der Waals surface area contributed by atoms with E-state index in [0.29, 0.717) is 0 Å². The van der Waals surface area contributed by atoms with Crippen LogP contribution in [0.5, 0.6) is 0 Å². The number of thiophene rings is 2. The largest absolute Gasteiger partial charge is 0.310 e. The zero-order valence-corrected chi connectivity index (χ0v) is 12.5. The number of rotatable bonds is 3. The maximum absolute atomic E-state index is 12.3. The van der Waals surface area contributed by atoms with Gasteiger partial charge in [0.2, 0.25) is 0 Å². The molecule has 0 atom stereocenters. The molecule has 0 bridgehead atoms. The summed E-state index contributed by atoms with van der Waals surface area (Å²) in [6.45, 7) is 4.16. The number of hydrogen-bond donors (Lipinski definition) is 1. The molecule has 0 radical (unpaired) electrons. The zero-order valence-electron chi connectivity index (χ0n) is 10.8. The van der Waals surface area contributed by atoms with Gasteiger partial charge in [-0.2, -0.15) is 0 Å². The number of fused-ring (bicyclic) bond motifs is 1. The van der Waals surface area contributed by atoms with Crippen molar-refractivity contribution in [3.8, 4) is 10.4 Å². The van der Waals surface area contributed by atoms with E-state index in [-0.39, 0.29) is 5.56 Å². The third kappa shape index (κ3) is 2.24. The highest BCUT2D eigenvalue weighted by Crippen LogP contribution is 2.34. The molecule has 0 spiro atoms. The summed E-state index contributed by atoms with van der Waals surface area (Å²) in [5.41, 5.74) is 0.991. The van der Waals surface area contributed by atoms with Gasteiger partial charge < -0.3 is 4.98 Å². The van der Waals surface area contributed by atoms with Crippen LogP contribution in [0.1, 0.15) is 24.0 Å². The first kappa shape index (κ1) is 12.6. The molecule has 0 aromatic carbocycles. The van der Waals surface area contributed by atoms with Crippen LogP contribution in [0.15, 0.2) is 22.3 Å². The maximum atomic E-state index is 12.3. The SMILES string of the molecule is CCCc1nc2scc(-c3ccc(C)s3)c2c(=O)[nH]1. The molecule has 0 unspecified atom stereocenters. The normalized spacial score (nSPS) is 11.3. The molecule has 3 heterocycles. The lowest BCUT2D eigenvalue weighted by Crippen LogP contribution is -2.11. The predicted molar refractivity (Wildman–Crippen MR) is 82.3 cm³/mol. The average Bonchev–Trinajstić information content (AvgIpc) is 2.95. The van der Waals surface area contributed by atoms with E-state index < -0.39 is 0 Å². The van der Waals surface area contributed by atoms with Crippen LogP contribution in [-0.4, -0.2) is 9.97 Å². The smallest absolute Gasteiger partial charge is 0.260 e. The Morgan fingerprint density at radius 2 is 2.21 bits per heavy atom. The molecule has 3 aromatic heterocycles. The summed E-state index contributed by atoms with van der Waals surface area (Å²) in [5, 5.41) is 2.76. The first-order chi connectivity index (χ1) is 9.19. The van der Waals surface area contributed by atoms with Gasteiger partial charge in [0, 0.05) is 27.1 Å². The fourth-order valence-corrected chi connectivity index (χ4v) is 4.03. The number of aryl methyl sites for hydroxylation is 2. The molecule has 0 amide bonds. The van der Waals surface area contributed by atoms with Crippen LogP contribution in [0.2, 0.25) is 0 Å². The van der Waals surface area contributed by atoms with E-state index in [1.807, 2.05) is 5.38 Å². The van der Waals surface area contributed by atoms with Crippen molar-refractivity contribution in [2.45, 2.75) is 26.7 Å². The number of nitrogens with zero attached hydrogens (tertiary/aromatic N) is 1. The van der Waals surface area contributed by atoms with Crippen LogP contribution in [0.3, 0.4) is 0 Å². The molecule has 0 aliphatic heterocycles. The van der Waals surface area contributed by atoms with Crippen molar-refractivity contribution in [2.75, 3.05) is 0 Å². The Kier molecular flexibility index (Phi) is 3.24. The predicted octanol–water partition coefficient (Wildman–Crippen LogP) is 3.97. The van der Waals surface area contributed by atoms with Crippen LogP contribution in [-0.2, 0) is 6.42 Å². The number of hydrogen-bond acceptors (Lipinski definition) is 4. The molecule has 0 aliphatic carbocycles. The fourth-order valence-electron chi connectivity index (χ4n) is 2.11. The number of nitrogens with one attached hydrogen (secondary N) is 1. The number of aromatic amines is 1. The molecular weight excluding hydrogens is 276 g/mol. The molecule has 1 N–H and O–H groups in total. The third-order valence-corrected chi connectivity index (χ3v) is 4.89. The summed E-state index contributed by atoms with van der Waals surface area (Å²) in [5.74, 6) is 0.788. The van der Waals surface area contributed by atoms with Crippen molar-refractivity contribution in [3.63, 3.8) is 0 Å². The lowest BCUT2D eigenvalue weighted by atomic mass is 10.2. The Morgan fingerprint density at radius 1 is 1.37 bits per heavy atom. The van der Waals surface area contributed by atoms with E-state index in [1.54, 1.807) is 22.7 Å². The van der Waals surface area contributed by atoms with Crippen LogP contribution < -0.4 is 5.56 Å². The van der Waals surface area contributed by atoms with Crippen LogP contribution in [0.25, 0.3) is 20.7 Å². The highest BCUT2D eigenvalue weighted by molar-refractivity contribution is 7.19. The van der Waals surface area contributed by atoms with Gasteiger partial charge in [-0.25, -0.2) is 4.98 Å². The third-order valence-electron chi connectivity index (χ3n) is 2.99. The molecule has 0 fully saturated rings. The molecular formula is C14H14N2OS2. The van der Waals surface area contributed by atoms with Gasteiger partial charge in [0.05, 0.1) is 5.39 Å². The van der Waals surface area contributed by atoms with E-state index in [0.717, 1.165) is 39.3 Å². The van der Waals surface area contributed by atoms with Crippen LogP contribution in [0, 0.1) is 6.92 Å². The van der Waals surface area contributed by atoms with Gasteiger partial charge in [0.25, 0.3) is 5.56 Å². The quantitative estimate of drug-likeness (QED) is 0.793. The second kappa shape index (κ2) is 4.90. The molecule has 3 aromatic rings. The molecule has 0 saturated heterocycles. The van der Waals surface area contributed by atoms with Crippen molar-refractivity contribution in [1.82, 2.24) is 9.97 Å². The van der Waals surface area contributed by atoms with Gasteiger partial charge in [-0.1, -0.05) is 6.92 Å². The van der Waals surface area contributed by atoms with Gasteiger partial charge in [-0.05, 0) is 25.5 Å². The lowest BCUT2D eigenvalue weighted by molar-refractivity contribution is 0.838. The number of aromatic nitrogens is 2. The van der Waals surface area contributed by atoms with E-state index in [2.05, 4.69) is 35.9 Å². The van der Waals surface area contributed by atoms with Gasteiger partial charge in [0.1, 0.15) is 10.7 Å². The zero-order chi connectivity index (χ0) is 13.4. The topological polar surface area (TPSA) is 45.8 Å². The standard InChI is InChI=1S/C14H14N2OS2/c1-3-4-11-15-13(17)12-9(7-18-14(12)16-11)10-6-5-8(2)19-10/h5-7H,3-4H2,1-2H3,(H,15,16,17). The lowest BCUT2D eigenvalue weighted by Gasteiger charge is -1.99. The van der Waals surface area contributed by atoms with Crippen LogP contribution >= 0.6 is 22.7 Å². The van der Waals surface area contributed by atoms with Crippen molar-refractivity contribution < 1.29 is 0 Å². The monoisotopic (exact) mass is 290 g/mol. The van der Waals surface area contributed by atoms with Gasteiger partial charge in [0.15, 0.2) is 0 Å². The number of H-pyrrole nitrogens is 1. The first-order valence-electron chi connectivity index (χ1n) is 6.26. The van der Waals surface area contributed by atoms with Crippen molar-refractivity contribution >= 4 is 32.9 Å². The van der Waals surface area contributed by atoms with E-state index in [4.69, 9.17) is 0 Å². The fraction of sp³-hybridized carbons (Fsp3) is 0.286. The Hall–Kier alpha value is -1.46. The Morgan fingerprint density at radius 3 is 2.89 bits per heavy atom. The second-order valence-electron chi connectivity index (χ2n) is 4.50. The van der Waals surface area contributed by atoms with Crippen molar-refractivity contribution in [2.24, 2.45) is 0 Å². The van der Waals surface area contributed by atoms with Gasteiger partial charge in [-0.3, -0.25) is 4.79 Å². The van der Waals surface area contributed by atoms with Crippen molar-refractivity contribution in [1.29, 1.82) is 0 Å². The maximum Gasteiger partial charge on any atom is 0.260 e. The summed E-state index contributed by atoms with van der Waals surface area (Å²) < 4.78 is 0. The van der Waals surface area contributed by atoms with E-state index in [9.17, 15) is 4.79 Å².